The highest BCUT2D eigenvalue weighted by Crippen LogP contribution is 2.27. The summed E-state index contributed by atoms with van der Waals surface area (Å²) in [6, 6.07) is 0.578. The Kier molecular flexibility index (Phi) is 3.98. The van der Waals surface area contributed by atoms with E-state index in [0.717, 1.165) is 31.2 Å². The molecule has 2 aliphatic rings. The van der Waals surface area contributed by atoms with Gasteiger partial charge in [0.2, 0.25) is 5.95 Å². The lowest BCUT2D eigenvalue weighted by molar-refractivity contribution is -0.0291. The molecule has 112 valence electrons. The van der Waals surface area contributed by atoms with Crippen LogP contribution in [-0.2, 0) is 16.0 Å². The first-order valence-corrected chi connectivity index (χ1v) is 7.64. The van der Waals surface area contributed by atoms with Gasteiger partial charge in [-0.3, -0.25) is 0 Å². The van der Waals surface area contributed by atoms with E-state index >= 15 is 0 Å². The molecule has 1 N–H and O–H groups in total. The number of rotatable bonds is 5. The number of nitrogens with one attached hydrogen (secondary N) is 1. The summed E-state index contributed by atoms with van der Waals surface area (Å²) in [5.74, 6) is 0.984. The topological polar surface area (TPSA) is 48.3 Å². The van der Waals surface area contributed by atoms with Gasteiger partial charge in [-0.05, 0) is 19.8 Å². The van der Waals surface area contributed by atoms with Crippen LogP contribution in [0.2, 0.25) is 0 Å². The molecule has 5 heteroatoms. The van der Waals surface area contributed by atoms with Gasteiger partial charge in [-0.2, -0.15) is 0 Å². The second-order valence-corrected chi connectivity index (χ2v) is 6.15. The number of nitrogens with zero attached hydrogens (tertiary/aromatic N) is 2. The lowest BCUT2D eigenvalue weighted by Gasteiger charge is -2.27. The quantitative estimate of drug-likeness (QED) is 0.899. The van der Waals surface area contributed by atoms with Gasteiger partial charge in [0, 0.05) is 32.4 Å². The second-order valence-electron chi connectivity index (χ2n) is 6.15. The zero-order valence-corrected chi connectivity index (χ0v) is 12.5. The molecular weight excluding hydrogens is 254 g/mol. The van der Waals surface area contributed by atoms with Gasteiger partial charge in [-0.15, -0.1) is 0 Å². The van der Waals surface area contributed by atoms with Crippen LogP contribution >= 0.6 is 0 Å². The third-order valence-electron chi connectivity index (χ3n) is 4.54. The molecule has 0 spiro atoms. The van der Waals surface area contributed by atoms with Crippen molar-refractivity contribution in [3.05, 3.63) is 11.9 Å². The molecule has 2 fully saturated rings. The van der Waals surface area contributed by atoms with E-state index in [1.807, 2.05) is 6.92 Å². The summed E-state index contributed by atoms with van der Waals surface area (Å²) in [6.45, 7) is 4.30. The summed E-state index contributed by atoms with van der Waals surface area (Å²) in [5.41, 5.74) is 0.856. The molecule has 3 rings (SSSR count). The summed E-state index contributed by atoms with van der Waals surface area (Å²) in [4.78, 5) is 4.64. The van der Waals surface area contributed by atoms with Crippen molar-refractivity contribution in [2.24, 2.45) is 0 Å². The van der Waals surface area contributed by atoms with Crippen LogP contribution in [0.4, 0.5) is 5.95 Å². The average molecular weight is 279 g/mol. The molecule has 1 saturated heterocycles. The largest absolute Gasteiger partial charge is 0.378 e. The minimum Gasteiger partial charge on any atom is -0.378 e. The van der Waals surface area contributed by atoms with Gasteiger partial charge >= 0.3 is 0 Å². The first kappa shape index (κ1) is 13.9. The second kappa shape index (κ2) is 5.74. The van der Waals surface area contributed by atoms with Gasteiger partial charge in [0.15, 0.2) is 0 Å². The summed E-state index contributed by atoms with van der Waals surface area (Å²) >= 11 is 0. The molecule has 1 aliphatic carbocycles. The first-order valence-electron chi connectivity index (χ1n) is 7.64. The van der Waals surface area contributed by atoms with E-state index in [0.29, 0.717) is 12.6 Å². The monoisotopic (exact) mass is 279 g/mol. The Morgan fingerprint density at radius 3 is 2.95 bits per heavy atom. The molecule has 0 bridgehead atoms. The third kappa shape index (κ3) is 2.83. The minimum absolute atomic E-state index is 0.195. The van der Waals surface area contributed by atoms with Crippen molar-refractivity contribution in [2.75, 3.05) is 25.6 Å². The Morgan fingerprint density at radius 2 is 2.30 bits per heavy atom. The fraction of sp³-hybridized carbons (Fsp3) is 0.800. The highest BCUT2D eigenvalue weighted by Gasteiger charge is 2.36. The number of aryl methyl sites for hydroxylation is 1. The van der Waals surface area contributed by atoms with E-state index in [4.69, 9.17) is 9.47 Å². The fourth-order valence-corrected chi connectivity index (χ4v) is 3.28. The van der Waals surface area contributed by atoms with Crippen molar-refractivity contribution in [3.63, 3.8) is 0 Å². The maximum absolute atomic E-state index is 5.74. The lowest BCUT2D eigenvalue weighted by atomic mass is 10.0. The third-order valence-corrected chi connectivity index (χ3v) is 4.54. The number of methoxy groups -OCH3 is 1. The van der Waals surface area contributed by atoms with E-state index in [1.165, 1.54) is 25.7 Å². The van der Waals surface area contributed by atoms with Gasteiger partial charge in [0.1, 0.15) is 5.60 Å². The van der Waals surface area contributed by atoms with Crippen molar-refractivity contribution in [1.82, 2.24) is 9.55 Å². The van der Waals surface area contributed by atoms with Gasteiger partial charge < -0.3 is 19.4 Å². The van der Waals surface area contributed by atoms with E-state index in [1.54, 1.807) is 7.11 Å². The van der Waals surface area contributed by atoms with Gasteiger partial charge in [0.25, 0.3) is 0 Å². The SMILES string of the molecule is COC1(Cn2cc(C)nc2NC2CCCC2)CCOC1. The molecular formula is C15H25N3O2. The van der Waals surface area contributed by atoms with Crippen LogP contribution in [0.3, 0.4) is 0 Å². The number of imidazole rings is 1. The molecule has 1 aromatic rings. The fourth-order valence-electron chi connectivity index (χ4n) is 3.28. The van der Waals surface area contributed by atoms with Crippen LogP contribution in [0.1, 0.15) is 37.8 Å². The molecule has 20 heavy (non-hydrogen) atoms. The van der Waals surface area contributed by atoms with Crippen molar-refractivity contribution in [2.45, 2.75) is 57.2 Å². The standard InChI is InChI=1S/C15H25N3O2/c1-12-9-18(10-15(19-2)7-8-20-11-15)14(16-12)17-13-5-3-4-6-13/h9,13H,3-8,10-11H2,1-2H3,(H,16,17). The summed E-state index contributed by atoms with van der Waals surface area (Å²) in [7, 11) is 1.78. The molecule has 2 heterocycles. The van der Waals surface area contributed by atoms with Crippen LogP contribution in [0.25, 0.3) is 0 Å². The van der Waals surface area contributed by atoms with E-state index in [9.17, 15) is 0 Å². The number of hydrogen-bond acceptors (Lipinski definition) is 4. The van der Waals surface area contributed by atoms with Crippen molar-refractivity contribution in [1.29, 1.82) is 0 Å². The molecule has 1 saturated carbocycles. The summed E-state index contributed by atoms with van der Waals surface area (Å²) < 4.78 is 13.5. The van der Waals surface area contributed by atoms with E-state index in [-0.39, 0.29) is 5.60 Å². The van der Waals surface area contributed by atoms with Crippen LogP contribution in [0.15, 0.2) is 6.20 Å². The molecule has 5 nitrogen and oxygen atoms in total. The maximum atomic E-state index is 5.74. The van der Waals surface area contributed by atoms with Gasteiger partial charge in [-0.25, -0.2) is 4.98 Å². The summed E-state index contributed by atoms with van der Waals surface area (Å²) in [5, 5.41) is 3.60. The van der Waals surface area contributed by atoms with Crippen LogP contribution in [0, 0.1) is 6.92 Å². The average Bonchev–Trinajstić information content (AvgIpc) is 3.14. The van der Waals surface area contributed by atoms with Crippen LogP contribution < -0.4 is 5.32 Å². The molecule has 0 aromatic carbocycles. The first-order chi connectivity index (χ1) is 9.71. The molecule has 1 aromatic heterocycles. The number of ether oxygens (including phenoxy) is 2. The van der Waals surface area contributed by atoms with Crippen molar-refractivity contribution in [3.8, 4) is 0 Å². The molecule has 0 radical (unpaired) electrons. The highest BCUT2D eigenvalue weighted by atomic mass is 16.5. The zero-order valence-electron chi connectivity index (χ0n) is 12.5. The molecule has 0 amide bonds. The summed E-state index contributed by atoms with van der Waals surface area (Å²) in [6.07, 6.45) is 8.22. The van der Waals surface area contributed by atoms with Gasteiger partial charge in [-0.1, -0.05) is 12.8 Å². The molecule has 1 aliphatic heterocycles. The predicted octanol–water partition coefficient (Wildman–Crippen LogP) is 2.35. The minimum atomic E-state index is -0.195. The van der Waals surface area contributed by atoms with Crippen molar-refractivity contribution < 1.29 is 9.47 Å². The van der Waals surface area contributed by atoms with E-state index in [2.05, 4.69) is 21.1 Å². The Hall–Kier alpha value is -1.07. The number of aromatic nitrogens is 2. The number of anilines is 1. The Morgan fingerprint density at radius 1 is 1.50 bits per heavy atom. The Labute approximate surface area is 120 Å². The lowest BCUT2D eigenvalue weighted by Crippen LogP contribution is -2.37. The highest BCUT2D eigenvalue weighted by molar-refractivity contribution is 5.31. The smallest absolute Gasteiger partial charge is 0.203 e. The normalized spacial score (nSPS) is 27.3. The van der Waals surface area contributed by atoms with Crippen LogP contribution in [-0.4, -0.2) is 41.5 Å². The van der Waals surface area contributed by atoms with Crippen molar-refractivity contribution >= 4 is 5.95 Å². The molecule has 1 atom stereocenters. The maximum Gasteiger partial charge on any atom is 0.203 e. The predicted molar refractivity (Wildman–Crippen MR) is 78.0 cm³/mol. The molecule has 1 unspecified atom stereocenters. The van der Waals surface area contributed by atoms with E-state index < -0.39 is 0 Å². The van der Waals surface area contributed by atoms with Crippen LogP contribution in [0.5, 0.6) is 0 Å². The Bertz CT molecular complexity index is 446. The number of hydrogen-bond donors (Lipinski definition) is 1. The zero-order chi connectivity index (χ0) is 14.0. The Balaban J connectivity index is 1.74. The van der Waals surface area contributed by atoms with Gasteiger partial charge in [0.05, 0.1) is 18.8 Å².